The maximum atomic E-state index is 12.6. The molecule has 0 aliphatic heterocycles. The summed E-state index contributed by atoms with van der Waals surface area (Å²) < 4.78 is 5.19. The lowest BCUT2D eigenvalue weighted by Gasteiger charge is -2.16. The number of aliphatic carboxylic acids is 1. The number of carbonyl (C=O) groups excluding carboxylic acids is 2. The van der Waals surface area contributed by atoms with E-state index in [4.69, 9.17) is 4.42 Å². The van der Waals surface area contributed by atoms with E-state index >= 15 is 0 Å². The van der Waals surface area contributed by atoms with E-state index in [1.807, 2.05) is 6.26 Å². The van der Waals surface area contributed by atoms with Gasteiger partial charge in [-0.05, 0) is 42.7 Å². The molecule has 7 nitrogen and oxygen atoms in total. The summed E-state index contributed by atoms with van der Waals surface area (Å²) in [5.74, 6) is -1.40. The van der Waals surface area contributed by atoms with Gasteiger partial charge < -0.3 is 20.2 Å². The molecule has 8 heteroatoms. The third-order valence-electron chi connectivity index (χ3n) is 3.57. The van der Waals surface area contributed by atoms with Crippen LogP contribution in [0.4, 0.5) is 0 Å². The normalized spacial score (nSPS) is 12.3. The lowest BCUT2D eigenvalue weighted by Crippen LogP contribution is -2.44. The minimum atomic E-state index is -1.14. The van der Waals surface area contributed by atoms with E-state index in [0.717, 1.165) is 0 Å². The number of amides is 2. The Morgan fingerprint density at radius 2 is 1.93 bits per heavy atom. The monoisotopic (exact) mass is 388 g/mol. The zero-order valence-electron chi connectivity index (χ0n) is 14.7. The van der Waals surface area contributed by atoms with Crippen LogP contribution in [0.2, 0.25) is 0 Å². The van der Waals surface area contributed by atoms with Gasteiger partial charge in [0.25, 0.3) is 11.8 Å². The maximum absolute atomic E-state index is 12.6. The maximum Gasteiger partial charge on any atom is 0.326 e. The molecule has 142 valence electrons. The molecule has 0 aliphatic rings. The van der Waals surface area contributed by atoms with Crippen molar-refractivity contribution in [3.63, 3.8) is 0 Å². The standard InChI is InChI=1S/C19H20N2O5S/c1-27-11-9-15(19(24)25)20-18(23)16(12-14-8-5-10-26-14)21-17(22)13-6-3-2-4-7-13/h2-8,10,12,15H,9,11H2,1H3,(H,20,23)(H,21,22)(H,24,25)/b16-12-/t15-/m0/s1. The summed E-state index contributed by atoms with van der Waals surface area (Å²) in [5, 5.41) is 14.3. The molecule has 1 atom stereocenters. The van der Waals surface area contributed by atoms with Gasteiger partial charge in [-0.25, -0.2) is 4.79 Å². The van der Waals surface area contributed by atoms with Gasteiger partial charge in [-0.3, -0.25) is 9.59 Å². The summed E-state index contributed by atoms with van der Waals surface area (Å²) in [6, 6.07) is 10.6. The van der Waals surface area contributed by atoms with Crippen LogP contribution in [0.25, 0.3) is 6.08 Å². The molecule has 2 amide bonds. The molecule has 1 aromatic carbocycles. The fourth-order valence-electron chi connectivity index (χ4n) is 2.19. The van der Waals surface area contributed by atoms with Crippen molar-refractivity contribution >= 4 is 35.6 Å². The van der Waals surface area contributed by atoms with Gasteiger partial charge in [-0.1, -0.05) is 18.2 Å². The smallest absolute Gasteiger partial charge is 0.326 e. The Labute approximate surface area is 160 Å². The highest BCUT2D eigenvalue weighted by Gasteiger charge is 2.23. The highest BCUT2D eigenvalue weighted by Crippen LogP contribution is 2.09. The largest absolute Gasteiger partial charge is 0.480 e. The van der Waals surface area contributed by atoms with Crippen molar-refractivity contribution < 1.29 is 23.9 Å². The van der Waals surface area contributed by atoms with E-state index in [2.05, 4.69) is 10.6 Å². The number of benzene rings is 1. The lowest BCUT2D eigenvalue weighted by atomic mass is 10.2. The van der Waals surface area contributed by atoms with Crippen molar-refractivity contribution in [3.05, 3.63) is 65.7 Å². The zero-order chi connectivity index (χ0) is 19.6. The summed E-state index contributed by atoms with van der Waals surface area (Å²) in [6.07, 6.45) is 4.90. The minimum Gasteiger partial charge on any atom is -0.480 e. The van der Waals surface area contributed by atoms with E-state index in [9.17, 15) is 19.5 Å². The molecule has 1 heterocycles. The van der Waals surface area contributed by atoms with Crippen LogP contribution in [-0.4, -0.2) is 40.9 Å². The van der Waals surface area contributed by atoms with Gasteiger partial charge in [0.1, 0.15) is 17.5 Å². The highest BCUT2D eigenvalue weighted by atomic mass is 32.2. The average molecular weight is 388 g/mol. The molecule has 1 aromatic heterocycles. The van der Waals surface area contributed by atoms with Crippen molar-refractivity contribution in [1.82, 2.24) is 10.6 Å². The summed E-state index contributed by atoms with van der Waals surface area (Å²) in [7, 11) is 0. The first-order chi connectivity index (χ1) is 13.0. The van der Waals surface area contributed by atoms with E-state index in [1.54, 1.807) is 42.5 Å². The first-order valence-corrected chi connectivity index (χ1v) is 9.55. The zero-order valence-corrected chi connectivity index (χ0v) is 15.5. The van der Waals surface area contributed by atoms with E-state index in [0.29, 0.717) is 17.1 Å². The lowest BCUT2D eigenvalue weighted by molar-refractivity contribution is -0.141. The number of nitrogens with one attached hydrogen (secondary N) is 2. The van der Waals surface area contributed by atoms with Crippen molar-refractivity contribution in [2.45, 2.75) is 12.5 Å². The highest BCUT2D eigenvalue weighted by molar-refractivity contribution is 7.98. The molecule has 0 radical (unpaired) electrons. The van der Waals surface area contributed by atoms with Crippen LogP contribution < -0.4 is 10.6 Å². The van der Waals surface area contributed by atoms with Crippen LogP contribution in [-0.2, 0) is 9.59 Å². The average Bonchev–Trinajstić information content (AvgIpc) is 3.18. The fourth-order valence-corrected chi connectivity index (χ4v) is 2.66. The summed E-state index contributed by atoms with van der Waals surface area (Å²) in [5.41, 5.74) is 0.266. The second kappa shape index (κ2) is 10.2. The van der Waals surface area contributed by atoms with Gasteiger partial charge in [0.2, 0.25) is 0 Å². The molecule has 27 heavy (non-hydrogen) atoms. The predicted octanol–water partition coefficient (Wildman–Crippen LogP) is 2.37. The summed E-state index contributed by atoms with van der Waals surface area (Å²) in [6.45, 7) is 0. The van der Waals surface area contributed by atoms with Crippen LogP contribution in [0.3, 0.4) is 0 Å². The second-order valence-electron chi connectivity index (χ2n) is 5.54. The number of furan rings is 1. The predicted molar refractivity (Wildman–Crippen MR) is 103 cm³/mol. The Kier molecular flexibility index (Phi) is 7.69. The summed E-state index contributed by atoms with van der Waals surface area (Å²) in [4.78, 5) is 36.4. The van der Waals surface area contributed by atoms with Crippen molar-refractivity contribution in [3.8, 4) is 0 Å². The third-order valence-corrected chi connectivity index (χ3v) is 4.22. The Morgan fingerprint density at radius 1 is 1.19 bits per heavy atom. The SMILES string of the molecule is CSCC[C@H](NC(=O)/C(=C/c1ccco1)NC(=O)c1ccccc1)C(=O)O. The number of thioether (sulfide) groups is 1. The van der Waals surface area contributed by atoms with Crippen LogP contribution in [0.15, 0.2) is 58.8 Å². The Bertz CT molecular complexity index is 803. The number of hydrogen-bond acceptors (Lipinski definition) is 5. The number of carboxylic acids is 1. The van der Waals surface area contributed by atoms with Crippen LogP contribution in [0.5, 0.6) is 0 Å². The molecule has 0 saturated heterocycles. The van der Waals surface area contributed by atoms with Gasteiger partial charge in [0.15, 0.2) is 0 Å². The molecule has 0 unspecified atom stereocenters. The van der Waals surface area contributed by atoms with Crippen molar-refractivity contribution in [1.29, 1.82) is 0 Å². The second-order valence-corrected chi connectivity index (χ2v) is 6.52. The molecule has 0 bridgehead atoms. The molecule has 2 aromatic rings. The first-order valence-electron chi connectivity index (χ1n) is 8.15. The molecular formula is C19H20N2O5S. The van der Waals surface area contributed by atoms with Gasteiger partial charge >= 0.3 is 5.97 Å². The van der Waals surface area contributed by atoms with Gasteiger partial charge in [-0.2, -0.15) is 11.8 Å². The number of rotatable bonds is 9. The van der Waals surface area contributed by atoms with E-state index in [-0.39, 0.29) is 12.1 Å². The van der Waals surface area contributed by atoms with Crippen LogP contribution in [0, 0.1) is 0 Å². The van der Waals surface area contributed by atoms with Crippen LogP contribution in [0.1, 0.15) is 22.5 Å². The minimum absolute atomic E-state index is 0.103. The van der Waals surface area contributed by atoms with Crippen molar-refractivity contribution in [2.75, 3.05) is 12.0 Å². The van der Waals surface area contributed by atoms with Gasteiger partial charge in [-0.15, -0.1) is 0 Å². The molecular weight excluding hydrogens is 368 g/mol. The Balaban J connectivity index is 2.20. The molecule has 3 N–H and O–H groups in total. The van der Waals surface area contributed by atoms with Gasteiger partial charge in [0.05, 0.1) is 6.26 Å². The molecule has 0 saturated carbocycles. The number of carbonyl (C=O) groups is 3. The van der Waals surface area contributed by atoms with Crippen molar-refractivity contribution in [2.24, 2.45) is 0 Å². The number of carboxylic acid groups (broad SMARTS) is 1. The van der Waals surface area contributed by atoms with E-state index in [1.165, 1.54) is 24.1 Å². The molecule has 0 fully saturated rings. The first kappa shape index (κ1) is 20.3. The quantitative estimate of drug-likeness (QED) is 0.569. The summed E-state index contributed by atoms with van der Waals surface area (Å²) >= 11 is 1.48. The number of hydrogen-bond donors (Lipinski definition) is 3. The molecule has 2 rings (SSSR count). The molecule has 0 aliphatic carbocycles. The Morgan fingerprint density at radius 3 is 2.52 bits per heavy atom. The topological polar surface area (TPSA) is 109 Å². The van der Waals surface area contributed by atoms with Crippen LogP contribution >= 0.6 is 11.8 Å². The van der Waals surface area contributed by atoms with E-state index < -0.39 is 23.8 Å². The third kappa shape index (κ3) is 6.34. The van der Waals surface area contributed by atoms with Gasteiger partial charge in [0, 0.05) is 11.6 Å². The Hall–Kier alpha value is -3.00. The molecule has 0 spiro atoms. The fraction of sp³-hybridized carbons (Fsp3) is 0.211.